The van der Waals surface area contributed by atoms with Crippen molar-refractivity contribution in [1.29, 1.82) is 0 Å². The summed E-state index contributed by atoms with van der Waals surface area (Å²) >= 11 is 0. The number of alkyl halides is 3. The molecule has 1 saturated heterocycles. The van der Waals surface area contributed by atoms with Gasteiger partial charge in [0.05, 0.1) is 17.1 Å². The van der Waals surface area contributed by atoms with Gasteiger partial charge in [0.2, 0.25) is 10.0 Å². The maximum Gasteiger partial charge on any atom is 0.417 e. The number of halogens is 3. The van der Waals surface area contributed by atoms with Crippen molar-refractivity contribution in [2.75, 3.05) is 26.2 Å². The van der Waals surface area contributed by atoms with Crippen molar-refractivity contribution >= 4 is 10.0 Å². The molecule has 0 aliphatic carbocycles. The van der Waals surface area contributed by atoms with E-state index in [1.54, 1.807) is 0 Å². The number of rotatable bonds is 6. The molecule has 0 unspecified atom stereocenters. The zero-order valence-electron chi connectivity index (χ0n) is 13.1. The molecule has 0 saturated carbocycles. The van der Waals surface area contributed by atoms with Gasteiger partial charge >= 0.3 is 6.18 Å². The lowest BCUT2D eigenvalue weighted by atomic mass is 10.0. The predicted molar refractivity (Wildman–Crippen MR) is 82.9 cm³/mol. The van der Waals surface area contributed by atoms with Crippen molar-refractivity contribution in [2.24, 2.45) is 0 Å². The van der Waals surface area contributed by atoms with E-state index in [0.717, 1.165) is 44.0 Å². The molecule has 9 heteroatoms. The quantitative estimate of drug-likeness (QED) is 0.806. The number of aliphatic hydroxyl groups is 1. The Balaban J connectivity index is 2.04. The molecule has 0 bridgehead atoms. The van der Waals surface area contributed by atoms with Crippen molar-refractivity contribution in [3.8, 4) is 0 Å². The second-order valence-electron chi connectivity index (χ2n) is 5.76. The number of nitrogens with one attached hydrogen (secondary N) is 1. The molecule has 1 aliphatic rings. The second-order valence-corrected chi connectivity index (χ2v) is 7.50. The summed E-state index contributed by atoms with van der Waals surface area (Å²) in [6.07, 6.45) is -1.94. The number of hydrogen-bond donors (Lipinski definition) is 2. The lowest BCUT2D eigenvalue weighted by molar-refractivity contribution is -0.139. The van der Waals surface area contributed by atoms with E-state index >= 15 is 0 Å². The van der Waals surface area contributed by atoms with E-state index in [1.807, 2.05) is 4.90 Å². The van der Waals surface area contributed by atoms with Crippen LogP contribution in [0.25, 0.3) is 0 Å². The molecule has 1 heterocycles. The smallest absolute Gasteiger partial charge is 0.395 e. The van der Waals surface area contributed by atoms with Gasteiger partial charge in [-0.3, -0.25) is 4.90 Å². The summed E-state index contributed by atoms with van der Waals surface area (Å²) in [6.45, 7) is 1.07. The summed E-state index contributed by atoms with van der Waals surface area (Å²) in [6, 6.07) is 4.09. The van der Waals surface area contributed by atoms with E-state index in [9.17, 15) is 26.7 Å². The number of sulfonamides is 1. The Bertz CT molecular complexity index is 650. The van der Waals surface area contributed by atoms with Crippen molar-refractivity contribution in [2.45, 2.75) is 36.4 Å². The molecule has 1 aromatic carbocycles. The van der Waals surface area contributed by atoms with Gasteiger partial charge in [0.15, 0.2) is 0 Å². The van der Waals surface area contributed by atoms with E-state index in [0.29, 0.717) is 6.54 Å². The summed E-state index contributed by atoms with van der Waals surface area (Å²) in [5.41, 5.74) is -1.18. The van der Waals surface area contributed by atoms with Gasteiger partial charge in [-0.1, -0.05) is 18.6 Å². The Morgan fingerprint density at radius 3 is 2.62 bits per heavy atom. The summed E-state index contributed by atoms with van der Waals surface area (Å²) in [4.78, 5) is 1.19. The fourth-order valence-corrected chi connectivity index (χ4v) is 4.14. The van der Waals surface area contributed by atoms with Gasteiger partial charge in [-0.15, -0.1) is 0 Å². The molecule has 1 atom stereocenters. The minimum absolute atomic E-state index is 0.00890. The molecule has 0 radical (unpaired) electrons. The number of hydrogen-bond acceptors (Lipinski definition) is 4. The zero-order valence-corrected chi connectivity index (χ0v) is 13.9. The van der Waals surface area contributed by atoms with Crippen LogP contribution in [0.2, 0.25) is 0 Å². The van der Waals surface area contributed by atoms with Crippen LogP contribution in [-0.2, 0) is 16.2 Å². The molecule has 5 nitrogen and oxygen atoms in total. The van der Waals surface area contributed by atoms with Crippen LogP contribution in [0.1, 0.15) is 24.8 Å². The van der Waals surface area contributed by atoms with Crippen LogP contribution in [0.4, 0.5) is 13.2 Å². The van der Waals surface area contributed by atoms with Crippen molar-refractivity contribution in [1.82, 2.24) is 9.62 Å². The number of aliphatic hydroxyl groups excluding tert-OH is 1. The van der Waals surface area contributed by atoms with Gasteiger partial charge in [0.1, 0.15) is 0 Å². The Kier molecular flexibility index (Phi) is 6.24. The first kappa shape index (κ1) is 19.2. The predicted octanol–water partition coefficient (Wildman–Crippen LogP) is 1.83. The fourth-order valence-electron chi connectivity index (χ4n) is 2.90. The van der Waals surface area contributed by atoms with E-state index < -0.39 is 26.7 Å². The molecule has 2 rings (SSSR count). The van der Waals surface area contributed by atoms with Crippen LogP contribution in [0.15, 0.2) is 29.2 Å². The average molecular weight is 366 g/mol. The van der Waals surface area contributed by atoms with Gasteiger partial charge in [-0.2, -0.15) is 13.2 Å². The maximum absolute atomic E-state index is 13.0. The van der Waals surface area contributed by atoms with Gasteiger partial charge in [-0.25, -0.2) is 13.1 Å². The van der Waals surface area contributed by atoms with E-state index in [-0.39, 0.29) is 19.2 Å². The van der Waals surface area contributed by atoms with Crippen LogP contribution in [0.5, 0.6) is 0 Å². The third-order valence-electron chi connectivity index (χ3n) is 4.13. The molecule has 136 valence electrons. The van der Waals surface area contributed by atoms with E-state index in [4.69, 9.17) is 0 Å². The summed E-state index contributed by atoms with van der Waals surface area (Å²) in [5, 5.41) is 9.32. The highest BCUT2D eigenvalue weighted by molar-refractivity contribution is 7.89. The molecule has 1 fully saturated rings. The first-order valence-electron chi connectivity index (χ1n) is 7.76. The van der Waals surface area contributed by atoms with Crippen LogP contribution in [0, 0.1) is 0 Å². The highest BCUT2D eigenvalue weighted by atomic mass is 32.2. The Morgan fingerprint density at radius 1 is 1.25 bits per heavy atom. The van der Waals surface area contributed by atoms with Gasteiger partial charge in [0, 0.05) is 19.1 Å². The van der Waals surface area contributed by atoms with Gasteiger partial charge < -0.3 is 5.11 Å². The first-order chi connectivity index (χ1) is 11.3. The largest absolute Gasteiger partial charge is 0.417 e. The molecule has 0 spiro atoms. The number of nitrogens with zero attached hydrogens (tertiary/aromatic N) is 1. The highest BCUT2D eigenvalue weighted by Gasteiger charge is 2.36. The minimum Gasteiger partial charge on any atom is -0.395 e. The lowest BCUT2D eigenvalue weighted by Gasteiger charge is -2.34. The van der Waals surface area contributed by atoms with E-state index in [2.05, 4.69) is 4.72 Å². The lowest BCUT2D eigenvalue weighted by Crippen LogP contribution is -2.45. The molecule has 24 heavy (non-hydrogen) atoms. The zero-order chi connectivity index (χ0) is 17.8. The third kappa shape index (κ3) is 4.69. The van der Waals surface area contributed by atoms with E-state index in [1.165, 1.54) is 6.07 Å². The monoisotopic (exact) mass is 366 g/mol. The number of benzene rings is 1. The molecule has 0 amide bonds. The number of piperidine rings is 1. The van der Waals surface area contributed by atoms with Crippen LogP contribution in [-0.4, -0.2) is 50.7 Å². The number of likely N-dealkylation sites (tertiary alicyclic amines) is 1. The average Bonchev–Trinajstić information content (AvgIpc) is 2.54. The van der Waals surface area contributed by atoms with Gasteiger partial charge in [0.25, 0.3) is 0 Å². The van der Waals surface area contributed by atoms with Gasteiger partial charge in [-0.05, 0) is 31.5 Å². The molecule has 1 aliphatic heterocycles. The minimum atomic E-state index is -4.74. The van der Waals surface area contributed by atoms with Crippen LogP contribution >= 0.6 is 0 Å². The highest BCUT2D eigenvalue weighted by Crippen LogP contribution is 2.33. The summed E-state index contributed by atoms with van der Waals surface area (Å²) in [5.74, 6) is 0. The van der Waals surface area contributed by atoms with Crippen molar-refractivity contribution in [3.05, 3.63) is 29.8 Å². The van der Waals surface area contributed by atoms with Crippen LogP contribution < -0.4 is 4.72 Å². The van der Waals surface area contributed by atoms with Crippen LogP contribution in [0.3, 0.4) is 0 Å². The molecule has 1 aromatic rings. The Morgan fingerprint density at radius 2 is 1.96 bits per heavy atom. The Labute approximate surface area is 139 Å². The van der Waals surface area contributed by atoms with Crippen molar-refractivity contribution < 1.29 is 26.7 Å². The summed E-state index contributed by atoms with van der Waals surface area (Å²) < 4.78 is 65.5. The Hall–Kier alpha value is -1.16. The molecular weight excluding hydrogens is 345 g/mol. The molecule has 2 N–H and O–H groups in total. The normalized spacial score (nSPS) is 20.2. The fraction of sp³-hybridized carbons (Fsp3) is 0.600. The standard InChI is InChI=1S/C15H21F3N2O3S/c16-15(17,18)13-6-1-2-7-14(13)24(22,23)19-8-10-20-9-4-3-5-12(20)11-21/h1-2,6-7,12,19,21H,3-5,8-11H2/t12-/m1/s1. The first-order valence-corrected chi connectivity index (χ1v) is 9.25. The summed E-state index contributed by atoms with van der Waals surface area (Å²) in [7, 11) is -4.26. The SMILES string of the molecule is O=S(=O)(NCCN1CCCC[C@@H]1CO)c1ccccc1C(F)(F)F. The third-order valence-corrected chi connectivity index (χ3v) is 5.65. The van der Waals surface area contributed by atoms with Crippen molar-refractivity contribution in [3.63, 3.8) is 0 Å². The topological polar surface area (TPSA) is 69.6 Å². The second kappa shape index (κ2) is 7.81. The molecule has 0 aromatic heterocycles. The molecular formula is C15H21F3N2O3S. The maximum atomic E-state index is 13.0.